The van der Waals surface area contributed by atoms with Crippen molar-refractivity contribution in [1.82, 2.24) is 19.3 Å². The molecule has 0 fully saturated rings. The first-order chi connectivity index (χ1) is 22.5. The monoisotopic (exact) mass is 797 g/mol. The van der Waals surface area contributed by atoms with E-state index in [0.717, 1.165) is 57.4 Å². The molecule has 5 nitrogen and oxygen atoms in total. The minimum absolute atomic E-state index is 0. The van der Waals surface area contributed by atoms with E-state index in [0.29, 0.717) is 23.3 Å². The van der Waals surface area contributed by atoms with Crippen LogP contribution in [0.4, 0.5) is 0 Å². The molecule has 0 aliphatic carbocycles. The fourth-order valence-electron chi connectivity index (χ4n) is 6.27. The zero-order valence-electron chi connectivity index (χ0n) is 27.4. The van der Waals surface area contributed by atoms with Crippen LogP contribution in [0.5, 0.6) is 11.5 Å². The zero-order valence-corrected chi connectivity index (χ0v) is 29.7. The summed E-state index contributed by atoms with van der Waals surface area (Å²) in [6.45, 7) is 11.1. The molecule has 0 bridgehead atoms. The van der Waals surface area contributed by atoms with Crippen LogP contribution in [0.1, 0.15) is 69.3 Å². The molecule has 0 aliphatic heterocycles. The van der Waals surface area contributed by atoms with Crippen LogP contribution in [-0.2, 0) is 21.1 Å². The Balaban J connectivity index is 0.00000386. The molecule has 238 valence electrons. The van der Waals surface area contributed by atoms with Crippen LogP contribution in [0, 0.1) is 19.1 Å². The van der Waals surface area contributed by atoms with E-state index in [2.05, 4.69) is 129 Å². The first-order valence-corrected chi connectivity index (χ1v) is 16.2. The van der Waals surface area contributed by atoms with Crippen LogP contribution in [0.25, 0.3) is 44.4 Å². The SMILES string of the molecule is CCC(C)c1nn(-c2[c-]c(Oc3[c-]c4c(cc3)c3ccccc3n4-c3cc(C)ccn3)ccc2)c(C(C)CC)c1-c1ccccc1.[Pt+2]. The zero-order chi connectivity index (χ0) is 31.8. The van der Waals surface area contributed by atoms with Crippen LogP contribution >= 0.6 is 0 Å². The smallest absolute Gasteiger partial charge is 0.509 e. The molecule has 4 aromatic carbocycles. The molecule has 0 saturated carbocycles. The van der Waals surface area contributed by atoms with Gasteiger partial charge in [-0.2, -0.15) is 17.2 Å². The normalized spacial score (nSPS) is 12.6. The standard InChI is InChI=1S/C41H38N4O.Pt/c1-6-28(4)40-39(30-14-9-8-10-15-30)41(29(5)7-2)45(43-40)31-16-13-17-32(25-31)46-33-20-21-35-34-18-11-12-19-36(34)44(37(35)26-33)38-24-27(3)22-23-42-38;/h8-24,28-29H,6-7H2,1-5H3;/q-2;+2. The molecule has 47 heavy (non-hydrogen) atoms. The second-order valence-corrected chi connectivity index (χ2v) is 12.2. The Labute approximate surface area is 291 Å². The second kappa shape index (κ2) is 13.7. The molecular weight excluding hydrogens is 760 g/mol. The Morgan fingerprint density at radius 2 is 1.51 bits per heavy atom. The summed E-state index contributed by atoms with van der Waals surface area (Å²) >= 11 is 0. The maximum Gasteiger partial charge on any atom is 2.00 e. The molecule has 0 radical (unpaired) electrons. The van der Waals surface area contributed by atoms with Crippen molar-refractivity contribution in [3.05, 3.63) is 132 Å². The summed E-state index contributed by atoms with van der Waals surface area (Å²) in [5.41, 5.74) is 8.79. The van der Waals surface area contributed by atoms with Crippen LogP contribution < -0.4 is 4.74 Å². The van der Waals surface area contributed by atoms with Crippen molar-refractivity contribution in [1.29, 1.82) is 0 Å². The van der Waals surface area contributed by atoms with Gasteiger partial charge in [-0.25, -0.2) is 4.98 Å². The van der Waals surface area contributed by atoms with Crippen molar-refractivity contribution in [3.8, 4) is 34.1 Å². The number of ether oxygens (including phenoxy) is 1. The van der Waals surface area contributed by atoms with E-state index in [-0.39, 0.29) is 21.1 Å². The molecule has 7 aromatic rings. The molecule has 0 amide bonds. The summed E-state index contributed by atoms with van der Waals surface area (Å²) < 4.78 is 10.7. The van der Waals surface area contributed by atoms with Crippen molar-refractivity contribution >= 4 is 21.8 Å². The van der Waals surface area contributed by atoms with E-state index in [9.17, 15) is 0 Å². The number of hydrogen-bond acceptors (Lipinski definition) is 3. The van der Waals surface area contributed by atoms with E-state index in [1.807, 2.05) is 30.5 Å². The summed E-state index contributed by atoms with van der Waals surface area (Å²) in [7, 11) is 0. The van der Waals surface area contributed by atoms with Gasteiger partial charge in [0.2, 0.25) is 0 Å². The van der Waals surface area contributed by atoms with Gasteiger partial charge in [0.15, 0.2) is 0 Å². The number of nitrogens with zero attached hydrogens (tertiary/aromatic N) is 4. The van der Waals surface area contributed by atoms with Gasteiger partial charge in [0.1, 0.15) is 5.82 Å². The summed E-state index contributed by atoms with van der Waals surface area (Å²) in [5, 5.41) is 7.53. The van der Waals surface area contributed by atoms with Crippen molar-refractivity contribution in [2.24, 2.45) is 0 Å². The van der Waals surface area contributed by atoms with Crippen LogP contribution in [-0.4, -0.2) is 19.3 Å². The predicted molar refractivity (Wildman–Crippen MR) is 187 cm³/mol. The summed E-state index contributed by atoms with van der Waals surface area (Å²) in [6.07, 6.45) is 3.86. The molecule has 0 N–H and O–H groups in total. The van der Waals surface area contributed by atoms with Gasteiger partial charge in [-0.3, -0.25) is 4.68 Å². The molecule has 2 atom stereocenters. The van der Waals surface area contributed by atoms with E-state index in [4.69, 9.17) is 14.8 Å². The van der Waals surface area contributed by atoms with E-state index in [1.165, 1.54) is 16.8 Å². The molecular formula is C41H38N4OPt. The van der Waals surface area contributed by atoms with Gasteiger partial charge >= 0.3 is 21.1 Å². The number of hydrogen-bond donors (Lipinski definition) is 0. The molecule has 7 rings (SSSR count). The molecule has 6 heteroatoms. The Morgan fingerprint density at radius 3 is 2.28 bits per heavy atom. The predicted octanol–water partition coefficient (Wildman–Crippen LogP) is 10.8. The fourth-order valence-corrected chi connectivity index (χ4v) is 6.27. The van der Waals surface area contributed by atoms with Gasteiger partial charge in [-0.15, -0.1) is 35.7 Å². The molecule has 0 aliphatic rings. The quantitative estimate of drug-likeness (QED) is 0.137. The molecule has 3 heterocycles. The molecule has 3 aromatic heterocycles. The van der Waals surface area contributed by atoms with Gasteiger partial charge in [0, 0.05) is 34.7 Å². The summed E-state index contributed by atoms with van der Waals surface area (Å²) in [6, 6.07) is 40.4. The maximum atomic E-state index is 6.49. The third kappa shape index (κ3) is 6.05. The number of benzene rings is 4. The molecule has 2 unspecified atom stereocenters. The van der Waals surface area contributed by atoms with Crippen molar-refractivity contribution < 1.29 is 25.8 Å². The van der Waals surface area contributed by atoms with Crippen molar-refractivity contribution in [3.63, 3.8) is 0 Å². The molecule has 0 spiro atoms. The average molecular weight is 798 g/mol. The number of pyridine rings is 1. The van der Waals surface area contributed by atoms with Gasteiger partial charge in [0.25, 0.3) is 0 Å². The molecule has 0 saturated heterocycles. The second-order valence-electron chi connectivity index (χ2n) is 12.2. The van der Waals surface area contributed by atoms with Crippen LogP contribution in [0.15, 0.2) is 103 Å². The third-order valence-electron chi connectivity index (χ3n) is 9.06. The summed E-state index contributed by atoms with van der Waals surface area (Å²) in [5.74, 6) is 2.70. The Kier molecular flexibility index (Phi) is 9.47. The van der Waals surface area contributed by atoms with Gasteiger partial charge in [-0.1, -0.05) is 81.7 Å². The minimum atomic E-state index is 0. The van der Waals surface area contributed by atoms with Gasteiger partial charge in [-0.05, 0) is 66.1 Å². The Morgan fingerprint density at radius 1 is 0.766 bits per heavy atom. The Bertz CT molecular complexity index is 2160. The Hall–Kier alpha value is -4.47. The van der Waals surface area contributed by atoms with E-state index >= 15 is 0 Å². The largest absolute Gasteiger partial charge is 2.00 e. The number of aromatic nitrogens is 4. The summed E-state index contributed by atoms with van der Waals surface area (Å²) in [4.78, 5) is 4.71. The third-order valence-corrected chi connectivity index (χ3v) is 9.06. The van der Waals surface area contributed by atoms with Gasteiger partial charge < -0.3 is 9.30 Å². The van der Waals surface area contributed by atoms with E-state index < -0.39 is 0 Å². The fraction of sp³-hybridized carbons (Fsp3) is 0.220. The number of aryl methyl sites for hydroxylation is 1. The first-order valence-electron chi connectivity index (χ1n) is 16.2. The maximum absolute atomic E-state index is 6.49. The topological polar surface area (TPSA) is 44.9 Å². The number of fused-ring (bicyclic) bond motifs is 3. The van der Waals surface area contributed by atoms with E-state index in [1.54, 1.807) is 0 Å². The van der Waals surface area contributed by atoms with Crippen molar-refractivity contribution in [2.45, 2.75) is 59.3 Å². The first kappa shape index (κ1) is 32.5. The van der Waals surface area contributed by atoms with Crippen LogP contribution in [0.3, 0.4) is 0 Å². The van der Waals surface area contributed by atoms with Crippen LogP contribution in [0.2, 0.25) is 0 Å². The average Bonchev–Trinajstić information content (AvgIpc) is 3.65. The number of rotatable bonds is 9. The van der Waals surface area contributed by atoms with Crippen molar-refractivity contribution in [2.75, 3.05) is 0 Å². The minimum Gasteiger partial charge on any atom is -0.509 e. The van der Waals surface area contributed by atoms with Gasteiger partial charge in [0.05, 0.1) is 11.4 Å². The number of para-hydroxylation sites is 1.